The molecule has 0 aliphatic carbocycles. The Labute approximate surface area is 114 Å². The van der Waals surface area contributed by atoms with Crippen molar-refractivity contribution < 1.29 is 4.79 Å². The zero-order chi connectivity index (χ0) is 14.0. The second-order valence-electron chi connectivity index (χ2n) is 3.30. The van der Waals surface area contributed by atoms with Crippen molar-refractivity contribution in [1.29, 1.82) is 0 Å². The second-order valence-corrected chi connectivity index (χ2v) is 4.03. The topological polar surface area (TPSA) is 121 Å². The number of carbonyl (C=O) groups excluding carboxylic acids is 1. The smallest absolute Gasteiger partial charge is 0.305 e. The number of hydrogen-bond donors (Lipinski definition) is 3. The lowest BCUT2D eigenvalue weighted by molar-refractivity contribution is 0.102. The van der Waals surface area contributed by atoms with Gasteiger partial charge in [0, 0.05) is 12.1 Å². The fourth-order valence-corrected chi connectivity index (χ4v) is 1.64. The van der Waals surface area contributed by atoms with Gasteiger partial charge in [0.15, 0.2) is 0 Å². The van der Waals surface area contributed by atoms with E-state index < -0.39 is 17.2 Å². The number of amides is 1. The van der Waals surface area contributed by atoms with Crippen molar-refractivity contribution in [2.45, 2.75) is 0 Å². The Kier molecular flexibility index (Phi) is 3.63. The average molecular weight is 302 g/mol. The highest BCUT2D eigenvalue weighted by Gasteiger charge is 2.10. The molecule has 0 atom stereocenters. The Morgan fingerprint density at radius 2 is 1.89 bits per heavy atom. The van der Waals surface area contributed by atoms with Gasteiger partial charge in [-0.2, -0.15) is 0 Å². The zero-order valence-corrected chi connectivity index (χ0v) is 10.5. The number of anilines is 1. The van der Waals surface area contributed by atoms with Crippen LogP contribution >= 0.6 is 23.2 Å². The second kappa shape index (κ2) is 5.21. The van der Waals surface area contributed by atoms with Gasteiger partial charge in [0.2, 0.25) is 5.28 Å². The van der Waals surface area contributed by atoms with Crippen LogP contribution in [0.5, 0.6) is 0 Å². The van der Waals surface area contributed by atoms with Gasteiger partial charge in [0.1, 0.15) is 16.7 Å². The van der Waals surface area contributed by atoms with Crippen LogP contribution in [0.3, 0.4) is 0 Å². The third-order valence-corrected chi connectivity index (χ3v) is 2.28. The summed E-state index contributed by atoms with van der Waals surface area (Å²) in [5.41, 5.74) is -1.72. The number of nitrogens with one attached hydrogen (secondary N) is 3. The van der Waals surface area contributed by atoms with E-state index in [1.54, 1.807) is 0 Å². The van der Waals surface area contributed by atoms with E-state index in [0.29, 0.717) is 0 Å². The molecule has 3 N–H and O–H groups in total. The van der Waals surface area contributed by atoms with Crippen LogP contribution in [0.25, 0.3) is 0 Å². The van der Waals surface area contributed by atoms with Gasteiger partial charge < -0.3 is 10.3 Å². The largest absolute Gasteiger partial charge is 0.326 e. The molecule has 2 aromatic heterocycles. The monoisotopic (exact) mass is 301 g/mol. The summed E-state index contributed by atoms with van der Waals surface area (Å²) in [6.07, 6.45) is 0. The first-order chi connectivity index (χ1) is 8.94. The predicted molar refractivity (Wildman–Crippen MR) is 67.7 cm³/mol. The summed E-state index contributed by atoms with van der Waals surface area (Å²) in [5.74, 6) is -0.704. The highest BCUT2D eigenvalue weighted by atomic mass is 35.5. The first kappa shape index (κ1) is 13.2. The van der Waals surface area contributed by atoms with E-state index in [0.717, 1.165) is 6.07 Å². The number of halogens is 2. The lowest BCUT2D eigenvalue weighted by Gasteiger charge is -2.04. The number of aromatic amines is 2. The maximum atomic E-state index is 11.8. The number of H-pyrrole nitrogens is 2. The normalized spacial score (nSPS) is 10.2. The molecule has 2 rings (SSSR count). The fourth-order valence-electron chi connectivity index (χ4n) is 1.23. The molecule has 0 saturated heterocycles. The maximum absolute atomic E-state index is 11.8. The molecular weight excluding hydrogens is 297 g/mol. The average Bonchev–Trinajstić information content (AvgIpc) is 2.25. The zero-order valence-electron chi connectivity index (χ0n) is 9.03. The van der Waals surface area contributed by atoms with Gasteiger partial charge in [-0.05, 0) is 11.6 Å². The Bertz CT molecular complexity index is 706. The predicted octanol–water partition coefficient (Wildman–Crippen LogP) is 0.412. The lowest BCUT2D eigenvalue weighted by atomic mass is 10.4. The van der Waals surface area contributed by atoms with Crippen molar-refractivity contribution in [2.75, 3.05) is 5.32 Å². The molecule has 0 saturated carbocycles. The van der Waals surface area contributed by atoms with Crippen molar-refractivity contribution in [3.63, 3.8) is 0 Å². The molecule has 2 aromatic rings. The van der Waals surface area contributed by atoms with Crippen molar-refractivity contribution in [3.8, 4) is 0 Å². The van der Waals surface area contributed by atoms with Crippen LogP contribution in [-0.2, 0) is 0 Å². The molecule has 0 spiro atoms. The van der Waals surface area contributed by atoms with Crippen LogP contribution in [0.4, 0.5) is 5.82 Å². The number of rotatable bonds is 2. The van der Waals surface area contributed by atoms with Gasteiger partial charge in [0.05, 0.1) is 0 Å². The molecule has 0 aromatic carbocycles. The van der Waals surface area contributed by atoms with Crippen molar-refractivity contribution in [2.24, 2.45) is 0 Å². The van der Waals surface area contributed by atoms with Crippen LogP contribution in [-0.4, -0.2) is 25.8 Å². The Balaban J connectivity index is 2.30. The minimum Gasteiger partial charge on any atom is -0.305 e. The summed E-state index contributed by atoms with van der Waals surface area (Å²) in [6.45, 7) is 0. The number of carbonyl (C=O) groups is 1. The molecule has 0 bridgehead atoms. The highest BCUT2D eigenvalue weighted by Crippen LogP contribution is 2.14. The summed E-state index contributed by atoms with van der Waals surface area (Å²) in [7, 11) is 0. The molecule has 0 unspecified atom stereocenters. The quantitative estimate of drug-likeness (QED) is 0.548. The van der Waals surface area contributed by atoms with Gasteiger partial charge in [-0.15, -0.1) is 0 Å². The SMILES string of the molecule is O=C(Nc1cc(Cl)nc(Cl)n1)c1cc(=O)[nH]c(=O)[nH]1. The standard InChI is InChI=1S/C9H5Cl2N5O3/c10-4-2-5(15-8(11)13-4)14-7(18)3-1-6(17)16-9(19)12-3/h1-2H,(H2,12,16,17,19)(H,13,14,15,18). The molecule has 10 heteroatoms. The van der Waals surface area contributed by atoms with E-state index in [2.05, 4.69) is 20.3 Å². The Morgan fingerprint density at radius 3 is 2.53 bits per heavy atom. The summed E-state index contributed by atoms with van der Waals surface area (Å²) < 4.78 is 0. The fraction of sp³-hybridized carbons (Fsp3) is 0. The van der Waals surface area contributed by atoms with Crippen LogP contribution in [0.1, 0.15) is 10.5 Å². The van der Waals surface area contributed by atoms with E-state index in [-0.39, 0.29) is 21.9 Å². The molecule has 0 aliphatic rings. The summed E-state index contributed by atoms with van der Waals surface area (Å²) >= 11 is 11.2. The van der Waals surface area contributed by atoms with Gasteiger partial charge in [-0.25, -0.2) is 14.8 Å². The molecule has 98 valence electrons. The third-order valence-electron chi connectivity index (χ3n) is 1.91. The minimum atomic E-state index is -0.795. The van der Waals surface area contributed by atoms with Crippen molar-refractivity contribution in [1.82, 2.24) is 19.9 Å². The van der Waals surface area contributed by atoms with E-state index in [4.69, 9.17) is 23.2 Å². The van der Waals surface area contributed by atoms with Gasteiger partial charge >= 0.3 is 5.69 Å². The minimum absolute atomic E-state index is 0.0368. The molecule has 0 fully saturated rings. The summed E-state index contributed by atoms with van der Waals surface area (Å²) in [6, 6.07) is 2.19. The molecular formula is C9H5Cl2N5O3. The first-order valence-corrected chi connectivity index (χ1v) is 5.55. The van der Waals surface area contributed by atoms with Crippen molar-refractivity contribution >= 4 is 34.9 Å². The number of hydrogen-bond acceptors (Lipinski definition) is 5. The van der Waals surface area contributed by atoms with Crippen molar-refractivity contribution in [3.05, 3.63) is 49.1 Å². The van der Waals surface area contributed by atoms with E-state index >= 15 is 0 Å². The summed E-state index contributed by atoms with van der Waals surface area (Å²) in [5, 5.41) is 2.20. The first-order valence-electron chi connectivity index (χ1n) is 4.79. The van der Waals surface area contributed by atoms with Gasteiger partial charge in [0.25, 0.3) is 11.5 Å². The molecule has 2 heterocycles. The van der Waals surface area contributed by atoms with Crippen LogP contribution < -0.4 is 16.6 Å². The van der Waals surface area contributed by atoms with Gasteiger partial charge in [-0.3, -0.25) is 14.6 Å². The molecule has 0 aliphatic heterocycles. The van der Waals surface area contributed by atoms with Crippen LogP contribution in [0.2, 0.25) is 10.4 Å². The number of aromatic nitrogens is 4. The van der Waals surface area contributed by atoms with E-state index in [1.165, 1.54) is 6.07 Å². The molecule has 1 amide bonds. The molecule has 8 nitrogen and oxygen atoms in total. The Hall–Kier alpha value is -2.19. The van der Waals surface area contributed by atoms with E-state index in [9.17, 15) is 14.4 Å². The number of nitrogens with zero attached hydrogens (tertiary/aromatic N) is 2. The molecule has 19 heavy (non-hydrogen) atoms. The van der Waals surface area contributed by atoms with Crippen LogP contribution in [0, 0.1) is 0 Å². The Morgan fingerprint density at radius 1 is 1.16 bits per heavy atom. The molecule has 0 radical (unpaired) electrons. The third kappa shape index (κ3) is 3.39. The summed E-state index contributed by atoms with van der Waals surface area (Å²) in [4.78, 5) is 45.2. The lowest BCUT2D eigenvalue weighted by Crippen LogP contribution is -2.27. The van der Waals surface area contributed by atoms with E-state index in [1.807, 2.05) is 4.98 Å². The highest BCUT2D eigenvalue weighted by molar-refractivity contribution is 6.32. The van der Waals surface area contributed by atoms with Crippen LogP contribution in [0.15, 0.2) is 21.7 Å². The maximum Gasteiger partial charge on any atom is 0.326 e. The van der Waals surface area contributed by atoms with Gasteiger partial charge in [-0.1, -0.05) is 11.6 Å².